The molecule has 1 atom stereocenters. The molecule has 0 amide bonds. The van der Waals surface area contributed by atoms with Gasteiger partial charge >= 0.3 is 0 Å². The van der Waals surface area contributed by atoms with Gasteiger partial charge in [-0.1, -0.05) is 26.7 Å². The summed E-state index contributed by atoms with van der Waals surface area (Å²) >= 11 is 0. The molecule has 0 radical (unpaired) electrons. The number of aryl methyl sites for hydroxylation is 1. The van der Waals surface area contributed by atoms with Gasteiger partial charge in [0.05, 0.1) is 6.20 Å². The van der Waals surface area contributed by atoms with Gasteiger partial charge in [0.1, 0.15) is 0 Å². The molecule has 4 heteroatoms. The van der Waals surface area contributed by atoms with Crippen LogP contribution in [0, 0.1) is 5.92 Å². The van der Waals surface area contributed by atoms with Crippen molar-refractivity contribution in [3.05, 3.63) is 18.0 Å². The van der Waals surface area contributed by atoms with Crippen LogP contribution in [0.15, 0.2) is 12.4 Å². The lowest BCUT2D eigenvalue weighted by Crippen LogP contribution is -2.42. The van der Waals surface area contributed by atoms with Gasteiger partial charge in [-0.05, 0) is 30.7 Å². The molecule has 0 saturated carbocycles. The van der Waals surface area contributed by atoms with E-state index in [1.165, 1.54) is 31.2 Å². The maximum absolute atomic E-state index is 5.71. The number of nitrogens with one attached hydrogen (secondary N) is 1. The number of hydrogen-bond acceptors (Lipinski definition) is 3. The van der Waals surface area contributed by atoms with Gasteiger partial charge in [-0.25, -0.2) is 0 Å². The van der Waals surface area contributed by atoms with Crippen LogP contribution in [0.5, 0.6) is 0 Å². The van der Waals surface area contributed by atoms with Crippen LogP contribution in [0.25, 0.3) is 0 Å². The third-order valence-electron chi connectivity index (χ3n) is 3.32. The maximum Gasteiger partial charge on any atom is 0.0522 e. The third-order valence-corrected chi connectivity index (χ3v) is 3.32. The van der Waals surface area contributed by atoms with Gasteiger partial charge in [-0.3, -0.25) is 16.0 Å². The third kappa shape index (κ3) is 4.48. The second-order valence-corrected chi connectivity index (χ2v) is 4.84. The van der Waals surface area contributed by atoms with E-state index in [1.807, 2.05) is 17.9 Å². The average molecular weight is 238 g/mol. The van der Waals surface area contributed by atoms with Crippen molar-refractivity contribution in [1.82, 2.24) is 15.2 Å². The van der Waals surface area contributed by atoms with Crippen LogP contribution in [-0.2, 0) is 13.5 Å². The van der Waals surface area contributed by atoms with Crippen LogP contribution >= 0.6 is 0 Å². The van der Waals surface area contributed by atoms with Gasteiger partial charge in [-0.2, -0.15) is 5.10 Å². The highest BCUT2D eigenvalue weighted by molar-refractivity contribution is 5.06. The first kappa shape index (κ1) is 14.2. The predicted molar refractivity (Wildman–Crippen MR) is 71.3 cm³/mol. The Hall–Kier alpha value is -0.870. The summed E-state index contributed by atoms with van der Waals surface area (Å²) in [5.41, 5.74) is 4.25. The Labute approximate surface area is 105 Å². The van der Waals surface area contributed by atoms with Crippen molar-refractivity contribution in [3.63, 3.8) is 0 Å². The number of hydrogen-bond donors (Lipinski definition) is 2. The smallest absolute Gasteiger partial charge is 0.0522 e. The van der Waals surface area contributed by atoms with E-state index in [2.05, 4.69) is 30.6 Å². The van der Waals surface area contributed by atoms with E-state index >= 15 is 0 Å². The monoisotopic (exact) mass is 238 g/mol. The fourth-order valence-corrected chi connectivity index (χ4v) is 2.48. The van der Waals surface area contributed by atoms with Gasteiger partial charge in [0.2, 0.25) is 0 Å². The molecule has 0 saturated heterocycles. The summed E-state index contributed by atoms with van der Waals surface area (Å²) < 4.78 is 1.84. The van der Waals surface area contributed by atoms with Crippen molar-refractivity contribution < 1.29 is 0 Å². The second kappa shape index (κ2) is 7.45. The summed E-state index contributed by atoms with van der Waals surface area (Å²) in [5.74, 6) is 6.37. The number of nitrogens with two attached hydrogens (primary N) is 1. The molecule has 4 nitrogen and oxygen atoms in total. The van der Waals surface area contributed by atoms with Crippen molar-refractivity contribution in [2.45, 2.75) is 52.0 Å². The number of hydrazine groups is 1. The van der Waals surface area contributed by atoms with Gasteiger partial charge < -0.3 is 0 Å². The minimum atomic E-state index is 0.360. The topological polar surface area (TPSA) is 55.9 Å². The van der Waals surface area contributed by atoms with Crippen LogP contribution in [0.4, 0.5) is 0 Å². The molecular formula is C13H26N4. The van der Waals surface area contributed by atoms with Crippen molar-refractivity contribution >= 4 is 0 Å². The molecule has 98 valence electrons. The summed E-state index contributed by atoms with van der Waals surface area (Å²) in [4.78, 5) is 0. The van der Waals surface area contributed by atoms with E-state index in [-0.39, 0.29) is 0 Å². The summed E-state index contributed by atoms with van der Waals surface area (Å²) in [6.07, 6.45) is 9.88. The molecule has 0 aromatic carbocycles. The molecule has 1 heterocycles. The fraction of sp³-hybridized carbons (Fsp3) is 0.769. The highest BCUT2D eigenvalue weighted by Gasteiger charge is 2.19. The number of nitrogens with zero attached hydrogens (tertiary/aromatic N) is 2. The Morgan fingerprint density at radius 1 is 1.35 bits per heavy atom. The predicted octanol–water partition coefficient (Wildman–Crippen LogP) is 2.01. The Morgan fingerprint density at radius 3 is 2.41 bits per heavy atom. The Kier molecular flexibility index (Phi) is 6.22. The molecule has 3 N–H and O–H groups in total. The van der Waals surface area contributed by atoms with Crippen molar-refractivity contribution in [2.24, 2.45) is 18.8 Å². The standard InChI is InChI=1S/C13H26N4/c1-4-6-12(7-5-2)13(16-14)8-11-9-15-17(3)10-11/h9-10,12-13,16H,4-8,14H2,1-3H3. The second-order valence-electron chi connectivity index (χ2n) is 4.84. The molecular weight excluding hydrogens is 212 g/mol. The molecule has 1 aromatic rings. The van der Waals surface area contributed by atoms with E-state index in [9.17, 15) is 0 Å². The lowest BCUT2D eigenvalue weighted by Gasteiger charge is -2.25. The Morgan fingerprint density at radius 2 is 2.00 bits per heavy atom. The molecule has 0 fully saturated rings. The molecule has 1 unspecified atom stereocenters. The lowest BCUT2D eigenvalue weighted by atomic mass is 9.87. The summed E-state index contributed by atoms with van der Waals surface area (Å²) in [6.45, 7) is 4.47. The van der Waals surface area contributed by atoms with Crippen LogP contribution < -0.4 is 11.3 Å². The van der Waals surface area contributed by atoms with Crippen LogP contribution in [0.1, 0.15) is 45.1 Å². The van der Waals surface area contributed by atoms with Crippen molar-refractivity contribution in [3.8, 4) is 0 Å². The van der Waals surface area contributed by atoms with E-state index in [0.29, 0.717) is 12.0 Å². The highest BCUT2D eigenvalue weighted by Crippen LogP contribution is 2.20. The molecule has 0 spiro atoms. The summed E-state index contributed by atoms with van der Waals surface area (Å²) in [7, 11) is 1.95. The molecule has 17 heavy (non-hydrogen) atoms. The average Bonchev–Trinajstić information content (AvgIpc) is 2.72. The molecule has 1 rings (SSSR count). The lowest BCUT2D eigenvalue weighted by molar-refractivity contribution is 0.311. The zero-order valence-electron chi connectivity index (χ0n) is 11.3. The quantitative estimate of drug-likeness (QED) is 0.538. The molecule has 0 aliphatic rings. The molecule has 0 bridgehead atoms. The highest BCUT2D eigenvalue weighted by atomic mass is 15.2. The van der Waals surface area contributed by atoms with Crippen molar-refractivity contribution in [1.29, 1.82) is 0 Å². The van der Waals surface area contributed by atoms with Gasteiger partial charge in [0.15, 0.2) is 0 Å². The minimum absolute atomic E-state index is 0.360. The van der Waals surface area contributed by atoms with Crippen LogP contribution in [0.3, 0.4) is 0 Å². The van der Waals surface area contributed by atoms with Crippen LogP contribution in [0.2, 0.25) is 0 Å². The molecule has 0 aliphatic heterocycles. The van der Waals surface area contributed by atoms with Gasteiger partial charge in [-0.15, -0.1) is 0 Å². The van der Waals surface area contributed by atoms with E-state index in [1.54, 1.807) is 0 Å². The fourth-order valence-electron chi connectivity index (χ4n) is 2.48. The summed E-state index contributed by atoms with van der Waals surface area (Å²) in [6, 6.07) is 0.360. The van der Waals surface area contributed by atoms with Gasteiger partial charge in [0, 0.05) is 19.3 Å². The summed E-state index contributed by atoms with van der Waals surface area (Å²) in [5, 5.41) is 4.20. The first-order valence-electron chi connectivity index (χ1n) is 6.64. The number of aromatic nitrogens is 2. The minimum Gasteiger partial charge on any atom is -0.276 e. The normalized spacial score (nSPS) is 13.2. The Balaban J connectivity index is 2.61. The van der Waals surface area contributed by atoms with E-state index < -0.39 is 0 Å². The van der Waals surface area contributed by atoms with E-state index in [0.717, 1.165) is 6.42 Å². The first-order chi connectivity index (χ1) is 8.21. The SMILES string of the molecule is CCCC(CCC)C(Cc1cnn(C)c1)NN. The molecule has 1 aromatic heterocycles. The zero-order chi connectivity index (χ0) is 12.7. The first-order valence-corrected chi connectivity index (χ1v) is 6.64. The maximum atomic E-state index is 5.71. The van der Waals surface area contributed by atoms with Crippen LogP contribution in [-0.4, -0.2) is 15.8 Å². The largest absolute Gasteiger partial charge is 0.276 e. The number of rotatable bonds is 8. The van der Waals surface area contributed by atoms with Gasteiger partial charge in [0.25, 0.3) is 0 Å². The Bertz CT molecular complexity index is 302. The zero-order valence-corrected chi connectivity index (χ0v) is 11.3. The van der Waals surface area contributed by atoms with E-state index in [4.69, 9.17) is 5.84 Å². The molecule has 0 aliphatic carbocycles. The van der Waals surface area contributed by atoms with Crippen molar-refractivity contribution in [2.75, 3.05) is 0 Å².